The van der Waals surface area contributed by atoms with Crippen molar-refractivity contribution in [2.75, 3.05) is 7.11 Å². The predicted octanol–water partition coefficient (Wildman–Crippen LogP) is 2.18. The van der Waals surface area contributed by atoms with Crippen LogP contribution in [-0.2, 0) is 17.9 Å². The number of ether oxygens (including phenoxy) is 1. The van der Waals surface area contributed by atoms with Crippen LogP contribution >= 0.6 is 11.3 Å². The number of methoxy groups -OCH3 is 1. The largest absolute Gasteiger partial charge is 0.378 e. The van der Waals surface area contributed by atoms with Crippen molar-refractivity contribution in [2.45, 2.75) is 39.5 Å². The second-order valence-corrected chi connectivity index (χ2v) is 5.46. The zero-order chi connectivity index (χ0) is 10.6. The van der Waals surface area contributed by atoms with E-state index in [-0.39, 0.29) is 5.54 Å². The number of nitrogens with zero attached hydrogens (tertiary/aromatic N) is 1. The Morgan fingerprint density at radius 2 is 2.21 bits per heavy atom. The Morgan fingerprint density at radius 3 is 2.79 bits per heavy atom. The first-order valence-corrected chi connectivity index (χ1v) is 5.50. The number of hydrogen-bond donors (Lipinski definition) is 1. The third kappa shape index (κ3) is 4.17. The zero-order valence-electron chi connectivity index (χ0n) is 9.26. The number of aromatic nitrogens is 1. The van der Waals surface area contributed by atoms with Gasteiger partial charge in [-0.05, 0) is 20.8 Å². The summed E-state index contributed by atoms with van der Waals surface area (Å²) in [6, 6.07) is 0. The monoisotopic (exact) mass is 214 g/mol. The summed E-state index contributed by atoms with van der Waals surface area (Å²) in [6.07, 6.45) is 1.91. The van der Waals surface area contributed by atoms with Crippen molar-refractivity contribution in [3.63, 3.8) is 0 Å². The summed E-state index contributed by atoms with van der Waals surface area (Å²) in [7, 11) is 1.69. The first-order chi connectivity index (χ1) is 6.51. The Morgan fingerprint density at radius 1 is 1.50 bits per heavy atom. The van der Waals surface area contributed by atoms with Crippen LogP contribution in [0.25, 0.3) is 0 Å². The molecule has 0 aliphatic carbocycles. The van der Waals surface area contributed by atoms with Crippen molar-refractivity contribution in [3.8, 4) is 0 Å². The van der Waals surface area contributed by atoms with Crippen LogP contribution in [0.15, 0.2) is 6.20 Å². The molecular formula is C10H18N2OS. The Balaban J connectivity index is 2.44. The number of rotatable bonds is 4. The third-order valence-electron chi connectivity index (χ3n) is 1.66. The van der Waals surface area contributed by atoms with Crippen LogP contribution in [-0.4, -0.2) is 17.6 Å². The molecule has 0 radical (unpaired) electrons. The van der Waals surface area contributed by atoms with Gasteiger partial charge < -0.3 is 10.1 Å². The summed E-state index contributed by atoms with van der Waals surface area (Å²) >= 11 is 1.70. The highest BCUT2D eigenvalue weighted by Gasteiger charge is 2.09. The molecule has 0 spiro atoms. The minimum absolute atomic E-state index is 0.158. The average Bonchev–Trinajstić information content (AvgIpc) is 2.49. The fourth-order valence-electron chi connectivity index (χ4n) is 0.972. The van der Waals surface area contributed by atoms with E-state index < -0.39 is 0 Å². The average molecular weight is 214 g/mol. The van der Waals surface area contributed by atoms with E-state index in [1.807, 2.05) is 6.20 Å². The molecule has 0 aliphatic rings. The van der Waals surface area contributed by atoms with Crippen molar-refractivity contribution in [1.82, 2.24) is 10.3 Å². The minimum atomic E-state index is 0.158. The van der Waals surface area contributed by atoms with Gasteiger partial charge in [0.2, 0.25) is 0 Å². The third-order valence-corrected chi connectivity index (χ3v) is 2.63. The Bertz CT molecular complexity index is 278. The first kappa shape index (κ1) is 11.6. The lowest BCUT2D eigenvalue weighted by molar-refractivity contribution is 0.184. The topological polar surface area (TPSA) is 34.1 Å². The Labute approximate surface area is 89.5 Å². The lowest BCUT2D eigenvalue weighted by Gasteiger charge is -2.19. The second kappa shape index (κ2) is 4.87. The van der Waals surface area contributed by atoms with E-state index in [1.165, 1.54) is 4.88 Å². The van der Waals surface area contributed by atoms with E-state index in [1.54, 1.807) is 18.4 Å². The number of thiazole rings is 1. The molecule has 0 unspecified atom stereocenters. The Kier molecular flexibility index (Phi) is 4.04. The highest BCUT2D eigenvalue weighted by Crippen LogP contribution is 2.14. The van der Waals surface area contributed by atoms with Crippen LogP contribution in [0.5, 0.6) is 0 Å². The van der Waals surface area contributed by atoms with Gasteiger partial charge in [-0.15, -0.1) is 11.3 Å². The van der Waals surface area contributed by atoms with Gasteiger partial charge in [-0.25, -0.2) is 4.98 Å². The zero-order valence-corrected chi connectivity index (χ0v) is 10.1. The van der Waals surface area contributed by atoms with Crippen LogP contribution < -0.4 is 5.32 Å². The molecule has 4 heteroatoms. The molecule has 14 heavy (non-hydrogen) atoms. The van der Waals surface area contributed by atoms with E-state index in [4.69, 9.17) is 4.74 Å². The molecule has 80 valence electrons. The smallest absolute Gasteiger partial charge is 0.119 e. The molecule has 0 fully saturated rings. The number of hydrogen-bond acceptors (Lipinski definition) is 4. The SMILES string of the molecule is COCc1ncc(CNC(C)(C)C)s1. The lowest BCUT2D eigenvalue weighted by atomic mass is 10.1. The molecule has 0 saturated heterocycles. The molecular weight excluding hydrogens is 196 g/mol. The fraction of sp³-hybridized carbons (Fsp3) is 0.700. The normalized spacial score (nSPS) is 12.0. The van der Waals surface area contributed by atoms with Gasteiger partial charge in [0.1, 0.15) is 5.01 Å². The molecule has 0 atom stereocenters. The maximum Gasteiger partial charge on any atom is 0.119 e. The molecule has 1 aromatic rings. The standard InChI is InChI=1S/C10H18N2OS/c1-10(2,3)12-6-8-5-11-9(14-8)7-13-4/h5,12H,6-7H2,1-4H3. The summed E-state index contributed by atoms with van der Waals surface area (Å²) in [4.78, 5) is 5.52. The van der Waals surface area contributed by atoms with Crippen LogP contribution in [0, 0.1) is 0 Å². The summed E-state index contributed by atoms with van der Waals surface area (Å²) < 4.78 is 5.01. The van der Waals surface area contributed by atoms with E-state index >= 15 is 0 Å². The molecule has 0 aliphatic heterocycles. The molecule has 1 rings (SSSR count). The highest BCUT2D eigenvalue weighted by atomic mass is 32.1. The van der Waals surface area contributed by atoms with Gasteiger partial charge in [0.15, 0.2) is 0 Å². The van der Waals surface area contributed by atoms with Crippen molar-refractivity contribution in [1.29, 1.82) is 0 Å². The molecule has 1 aromatic heterocycles. The van der Waals surface area contributed by atoms with Crippen LogP contribution in [0.4, 0.5) is 0 Å². The van der Waals surface area contributed by atoms with Crippen LogP contribution in [0.2, 0.25) is 0 Å². The molecule has 0 bridgehead atoms. The van der Waals surface area contributed by atoms with Gasteiger partial charge >= 0.3 is 0 Å². The molecule has 1 heterocycles. The van der Waals surface area contributed by atoms with Crippen molar-refractivity contribution < 1.29 is 4.74 Å². The lowest BCUT2D eigenvalue weighted by Crippen LogP contribution is -2.34. The highest BCUT2D eigenvalue weighted by molar-refractivity contribution is 7.11. The Hall–Kier alpha value is -0.450. The van der Waals surface area contributed by atoms with Crippen molar-refractivity contribution in [3.05, 3.63) is 16.1 Å². The summed E-state index contributed by atoms with van der Waals surface area (Å²) in [5.74, 6) is 0. The van der Waals surface area contributed by atoms with Gasteiger partial charge in [0, 0.05) is 30.3 Å². The maximum absolute atomic E-state index is 5.01. The number of nitrogens with one attached hydrogen (secondary N) is 1. The molecule has 3 nitrogen and oxygen atoms in total. The fourth-order valence-corrected chi connectivity index (χ4v) is 1.81. The molecule has 0 aromatic carbocycles. The molecule has 0 amide bonds. The summed E-state index contributed by atoms with van der Waals surface area (Å²) in [6.45, 7) is 7.96. The second-order valence-electron chi connectivity index (χ2n) is 4.26. The quantitative estimate of drug-likeness (QED) is 0.834. The van der Waals surface area contributed by atoms with Crippen LogP contribution in [0.1, 0.15) is 30.7 Å². The summed E-state index contributed by atoms with van der Waals surface area (Å²) in [5, 5.41) is 4.46. The van der Waals surface area contributed by atoms with E-state index in [0.29, 0.717) is 6.61 Å². The van der Waals surface area contributed by atoms with E-state index in [0.717, 1.165) is 11.6 Å². The molecule has 0 saturated carbocycles. The maximum atomic E-state index is 5.01. The first-order valence-electron chi connectivity index (χ1n) is 4.69. The van der Waals surface area contributed by atoms with Gasteiger partial charge in [0.05, 0.1) is 6.61 Å². The van der Waals surface area contributed by atoms with Gasteiger partial charge in [-0.2, -0.15) is 0 Å². The van der Waals surface area contributed by atoms with Crippen molar-refractivity contribution in [2.24, 2.45) is 0 Å². The van der Waals surface area contributed by atoms with E-state index in [2.05, 4.69) is 31.1 Å². The van der Waals surface area contributed by atoms with E-state index in [9.17, 15) is 0 Å². The van der Waals surface area contributed by atoms with Gasteiger partial charge in [-0.3, -0.25) is 0 Å². The molecule has 1 N–H and O–H groups in total. The summed E-state index contributed by atoms with van der Waals surface area (Å²) in [5.41, 5.74) is 0.158. The van der Waals surface area contributed by atoms with Crippen LogP contribution in [0.3, 0.4) is 0 Å². The van der Waals surface area contributed by atoms with Gasteiger partial charge in [-0.1, -0.05) is 0 Å². The minimum Gasteiger partial charge on any atom is -0.378 e. The predicted molar refractivity (Wildman–Crippen MR) is 59.4 cm³/mol. The van der Waals surface area contributed by atoms with Gasteiger partial charge in [0.25, 0.3) is 0 Å². The van der Waals surface area contributed by atoms with Crippen molar-refractivity contribution >= 4 is 11.3 Å².